The SMILES string of the molecule is COc1cccc(C(=O)Nc2ccccc2CN(CCC[C@H](N)C(=O)O)CC2CC2)c1. The van der Waals surface area contributed by atoms with Crippen LogP contribution in [0.15, 0.2) is 48.5 Å². The number of nitrogens with one attached hydrogen (secondary N) is 1. The highest BCUT2D eigenvalue weighted by atomic mass is 16.5. The molecular formula is C24H31N3O4. The molecule has 3 rings (SSSR count). The van der Waals surface area contributed by atoms with Crippen LogP contribution in [-0.4, -0.2) is 48.1 Å². The topological polar surface area (TPSA) is 105 Å². The molecule has 0 aliphatic heterocycles. The molecule has 1 amide bonds. The number of nitrogens with zero attached hydrogens (tertiary/aromatic N) is 1. The fourth-order valence-electron chi connectivity index (χ4n) is 3.54. The second-order valence-corrected chi connectivity index (χ2v) is 8.11. The first kappa shape index (κ1) is 22.8. The number of rotatable bonds is 12. The molecule has 0 unspecified atom stereocenters. The van der Waals surface area contributed by atoms with Gasteiger partial charge in [0.15, 0.2) is 0 Å². The van der Waals surface area contributed by atoms with Crippen LogP contribution < -0.4 is 15.8 Å². The predicted octanol–water partition coefficient (Wildman–Crippen LogP) is 3.35. The van der Waals surface area contributed by atoms with Gasteiger partial charge in [0.2, 0.25) is 0 Å². The molecule has 2 aromatic rings. The number of carbonyl (C=O) groups is 2. The monoisotopic (exact) mass is 425 g/mol. The smallest absolute Gasteiger partial charge is 0.320 e. The standard InChI is InChI=1S/C24H31N3O4/c1-31-20-8-4-7-18(14-20)23(28)26-22-10-3-2-6-19(22)16-27(15-17-11-12-17)13-5-9-21(25)24(29)30/h2-4,6-8,10,14,17,21H,5,9,11-13,15-16,25H2,1H3,(H,26,28)(H,29,30)/t21-/m0/s1. The van der Waals surface area contributed by atoms with E-state index in [2.05, 4.69) is 10.2 Å². The Labute approximate surface area is 183 Å². The summed E-state index contributed by atoms with van der Waals surface area (Å²) in [5.74, 6) is 0.190. The van der Waals surface area contributed by atoms with Crippen molar-refractivity contribution in [2.45, 2.75) is 38.3 Å². The number of carboxylic acids is 1. The maximum absolute atomic E-state index is 12.8. The van der Waals surface area contributed by atoms with Crippen molar-refractivity contribution in [1.82, 2.24) is 4.90 Å². The summed E-state index contributed by atoms with van der Waals surface area (Å²) in [6.45, 7) is 2.43. The Morgan fingerprint density at radius 2 is 2.00 bits per heavy atom. The van der Waals surface area contributed by atoms with E-state index in [0.717, 1.165) is 30.8 Å². The number of methoxy groups -OCH3 is 1. The number of anilines is 1. The third kappa shape index (κ3) is 7.08. The lowest BCUT2D eigenvalue weighted by Gasteiger charge is -2.24. The summed E-state index contributed by atoms with van der Waals surface area (Å²) < 4.78 is 5.21. The summed E-state index contributed by atoms with van der Waals surface area (Å²) in [5, 5.41) is 12.0. The number of aliphatic carboxylic acids is 1. The first-order valence-electron chi connectivity index (χ1n) is 10.7. The van der Waals surface area contributed by atoms with E-state index in [1.807, 2.05) is 24.3 Å². The van der Waals surface area contributed by atoms with E-state index in [1.54, 1.807) is 31.4 Å². The average Bonchev–Trinajstić information content (AvgIpc) is 3.58. The number of nitrogens with two attached hydrogens (primary N) is 1. The van der Waals surface area contributed by atoms with E-state index < -0.39 is 12.0 Å². The van der Waals surface area contributed by atoms with Gasteiger partial charge >= 0.3 is 5.97 Å². The minimum Gasteiger partial charge on any atom is -0.497 e. The highest BCUT2D eigenvalue weighted by molar-refractivity contribution is 6.04. The van der Waals surface area contributed by atoms with Crippen LogP contribution in [0.5, 0.6) is 5.75 Å². The van der Waals surface area contributed by atoms with E-state index in [0.29, 0.717) is 30.2 Å². The Morgan fingerprint density at radius 3 is 2.71 bits per heavy atom. The Hall–Kier alpha value is -2.90. The summed E-state index contributed by atoms with van der Waals surface area (Å²) in [5.41, 5.74) is 7.99. The van der Waals surface area contributed by atoms with Crippen molar-refractivity contribution in [3.05, 3.63) is 59.7 Å². The first-order chi connectivity index (χ1) is 15.0. The summed E-state index contributed by atoms with van der Waals surface area (Å²) in [7, 11) is 1.57. The van der Waals surface area contributed by atoms with Gasteiger partial charge in [0.25, 0.3) is 5.91 Å². The van der Waals surface area contributed by atoms with Gasteiger partial charge in [0, 0.05) is 24.3 Å². The molecule has 1 aliphatic carbocycles. The summed E-state index contributed by atoms with van der Waals surface area (Å²) in [4.78, 5) is 26.1. The maximum atomic E-state index is 12.8. The van der Waals surface area contributed by atoms with Crippen molar-refractivity contribution in [2.24, 2.45) is 11.7 Å². The molecule has 7 heteroatoms. The molecule has 1 fully saturated rings. The van der Waals surface area contributed by atoms with Crippen LogP contribution in [0.1, 0.15) is 41.6 Å². The molecule has 1 saturated carbocycles. The van der Waals surface area contributed by atoms with Gasteiger partial charge < -0.3 is 20.9 Å². The number of carbonyl (C=O) groups excluding carboxylic acids is 1. The number of hydrogen-bond acceptors (Lipinski definition) is 5. The van der Waals surface area contributed by atoms with E-state index in [-0.39, 0.29) is 5.91 Å². The normalized spacial score (nSPS) is 14.3. The van der Waals surface area contributed by atoms with Crippen molar-refractivity contribution in [3.8, 4) is 5.75 Å². The van der Waals surface area contributed by atoms with Crippen molar-refractivity contribution in [1.29, 1.82) is 0 Å². The van der Waals surface area contributed by atoms with Crippen LogP contribution >= 0.6 is 0 Å². The average molecular weight is 426 g/mol. The minimum absolute atomic E-state index is 0.187. The molecule has 1 atom stereocenters. The molecule has 0 aromatic heterocycles. The number of carboxylic acid groups (broad SMARTS) is 1. The Kier molecular flexibility index (Phi) is 8.03. The molecule has 1 aliphatic rings. The lowest BCUT2D eigenvalue weighted by Crippen LogP contribution is -2.32. The Bertz CT molecular complexity index is 898. The predicted molar refractivity (Wildman–Crippen MR) is 120 cm³/mol. The van der Waals surface area contributed by atoms with E-state index in [1.165, 1.54) is 12.8 Å². The lowest BCUT2D eigenvalue weighted by atomic mass is 10.1. The first-order valence-corrected chi connectivity index (χ1v) is 10.7. The van der Waals surface area contributed by atoms with E-state index in [4.69, 9.17) is 15.6 Å². The van der Waals surface area contributed by atoms with Gasteiger partial charge in [-0.2, -0.15) is 0 Å². The highest BCUT2D eigenvalue weighted by Crippen LogP contribution is 2.31. The number of amides is 1. The highest BCUT2D eigenvalue weighted by Gasteiger charge is 2.25. The Morgan fingerprint density at radius 1 is 1.23 bits per heavy atom. The molecular weight excluding hydrogens is 394 g/mol. The van der Waals surface area contributed by atoms with Crippen molar-refractivity contribution in [2.75, 3.05) is 25.5 Å². The van der Waals surface area contributed by atoms with Crippen molar-refractivity contribution < 1.29 is 19.4 Å². The minimum atomic E-state index is -0.959. The van der Waals surface area contributed by atoms with Gasteiger partial charge in [-0.05, 0) is 68.0 Å². The van der Waals surface area contributed by atoms with Crippen molar-refractivity contribution in [3.63, 3.8) is 0 Å². The van der Waals surface area contributed by atoms with Gasteiger partial charge in [0.05, 0.1) is 7.11 Å². The number of para-hydroxylation sites is 1. The zero-order valence-electron chi connectivity index (χ0n) is 17.9. The zero-order chi connectivity index (χ0) is 22.2. The third-order valence-corrected chi connectivity index (χ3v) is 5.51. The fraction of sp³-hybridized carbons (Fsp3) is 0.417. The molecule has 0 heterocycles. The fourth-order valence-corrected chi connectivity index (χ4v) is 3.54. The van der Waals surface area contributed by atoms with Crippen LogP contribution in [0.25, 0.3) is 0 Å². The second kappa shape index (κ2) is 10.9. The molecule has 0 spiro atoms. The number of ether oxygens (including phenoxy) is 1. The van der Waals surface area contributed by atoms with Crippen molar-refractivity contribution >= 4 is 17.6 Å². The van der Waals surface area contributed by atoms with Crippen LogP contribution in [0.3, 0.4) is 0 Å². The maximum Gasteiger partial charge on any atom is 0.320 e. The van der Waals surface area contributed by atoms with E-state index >= 15 is 0 Å². The number of hydrogen-bond donors (Lipinski definition) is 3. The van der Waals surface area contributed by atoms with Gasteiger partial charge in [-0.25, -0.2) is 0 Å². The number of benzene rings is 2. The summed E-state index contributed by atoms with van der Waals surface area (Å²) >= 11 is 0. The molecule has 31 heavy (non-hydrogen) atoms. The molecule has 166 valence electrons. The summed E-state index contributed by atoms with van der Waals surface area (Å²) in [6.07, 6.45) is 3.64. The lowest BCUT2D eigenvalue weighted by molar-refractivity contribution is -0.138. The van der Waals surface area contributed by atoms with Gasteiger partial charge in [-0.1, -0.05) is 24.3 Å². The van der Waals surface area contributed by atoms with Crippen LogP contribution in [-0.2, 0) is 11.3 Å². The van der Waals surface area contributed by atoms with Gasteiger partial charge in [-0.15, -0.1) is 0 Å². The molecule has 0 saturated heterocycles. The second-order valence-electron chi connectivity index (χ2n) is 8.11. The van der Waals surface area contributed by atoms with Crippen LogP contribution in [0.2, 0.25) is 0 Å². The molecule has 0 radical (unpaired) electrons. The zero-order valence-corrected chi connectivity index (χ0v) is 17.9. The summed E-state index contributed by atoms with van der Waals surface area (Å²) in [6, 6.07) is 14.0. The van der Waals surface area contributed by atoms with Gasteiger partial charge in [-0.3, -0.25) is 14.5 Å². The quantitative estimate of drug-likeness (QED) is 0.482. The van der Waals surface area contributed by atoms with Gasteiger partial charge in [0.1, 0.15) is 11.8 Å². The van der Waals surface area contributed by atoms with Crippen LogP contribution in [0, 0.1) is 5.92 Å². The van der Waals surface area contributed by atoms with E-state index in [9.17, 15) is 9.59 Å². The largest absolute Gasteiger partial charge is 0.497 e. The van der Waals surface area contributed by atoms with Crippen LogP contribution in [0.4, 0.5) is 5.69 Å². The Balaban J connectivity index is 1.66. The molecule has 2 aromatic carbocycles. The molecule has 4 N–H and O–H groups in total. The molecule has 0 bridgehead atoms. The molecule has 7 nitrogen and oxygen atoms in total. The third-order valence-electron chi connectivity index (χ3n) is 5.51.